The average molecular weight is 365 g/mol. The third kappa shape index (κ3) is 4.19. The van der Waals surface area contributed by atoms with E-state index in [4.69, 9.17) is 4.52 Å². The molecule has 0 bridgehead atoms. The molecule has 4 rings (SSSR count). The van der Waals surface area contributed by atoms with E-state index < -0.39 is 0 Å². The number of nitrogens with zero attached hydrogens (tertiary/aromatic N) is 4. The van der Waals surface area contributed by atoms with Gasteiger partial charge in [-0.05, 0) is 19.8 Å². The Labute approximate surface area is 158 Å². The fourth-order valence-electron chi connectivity index (χ4n) is 3.02. The maximum absolute atomic E-state index is 12.7. The minimum absolute atomic E-state index is 0.0822. The SMILES string of the molecule is Cc1ccc(-c2cc(CNC(=O)N(Cc3cnn(C)c3)C3CC3)no2)cc1. The molecule has 0 aliphatic heterocycles. The number of nitrogens with one attached hydrogen (secondary N) is 1. The normalized spacial score (nSPS) is 13.6. The molecule has 27 heavy (non-hydrogen) atoms. The highest BCUT2D eigenvalue weighted by Crippen LogP contribution is 2.28. The molecule has 0 spiro atoms. The molecular weight excluding hydrogens is 342 g/mol. The molecule has 2 amide bonds. The number of rotatable bonds is 6. The van der Waals surface area contributed by atoms with Gasteiger partial charge in [-0.25, -0.2) is 4.79 Å². The van der Waals surface area contributed by atoms with Gasteiger partial charge in [-0.2, -0.15) is 5.10 Å². The number of hydrogen-bond donors (Lipinski definition) is 1. The highest BCUT2D eigenvalue weighted by Gasteiger charge is 2.32. The van der Waals surface area contributed by atoms with E-state index >= 15 is 0 Å². The Balaban J connectivity index is 1.37. The summed E-state index contributed by atoms with van der Waals surface area (Å²) in [6.07, 6.45) is 5.84. The van der Waals surface area contributed by atoms with Crippen LogP contribution in [-0.2, 0) is 20.1 Å². The van der Waals surface area contributed by atoms with Crippen molar-refractivity contribution in [2.45, 2.75) is 38.9 Å². The zero-order valence-corrected chi connectivity index (χ0v) is 15.6. The molecule has 2 aromatic heterocycles. The van der Waals surface area contributed by atoms with E-state index in [1.54, 1.807) is 10.9 Å². The number of carbonyl (C=O) groups is 1. The molecule has 140 valence electrons. The van der Waals surface area contributed by atoms with Crippen LogP contribution in [0.4, 0.5) is 4.79 Å². The van der Waals surface area contributed by atoms with Crippen molar-refractivity contribution in [3.63, 3.8) is 0 Å². The summed E-state index contributed by atoms with van der Waals surface area (Å²) < 4.78 is 7.17. The first kappa shape index (κ1) is 17.3. The standard InChI is InChI=1S/C20H23N5O2/c1-14-3-5-16(6-4-14)19-9-17(23-27-19)11-21-20(26)25(18-7-8-18)13-15-10-22-24(2)12-15/h3-6,9-10,12,18H,7-8,11,13H2,1-2H3,(H,21,26). The molecule has 1 aliphatic rings. The van der Waals surface area contributed by atoms with E-state index in [2.05, 4.69) is 15.6 Å². The highest BCUT2D eigenvalue weighted by molar-refractivity contribution is 5.75. The van der Waals surface area contributed by atoms with E-state index in [0.29, 0.717) is 30.6 Å². The smallest absolute Gasteiger partial charge is 0.318 e. The lowest BCUT2D eigenvalue weighted by Gasteiger charge is -2.21. The van der Waals surface area contributed by atoms with Crippen LogP contribution in [0.5, 0.6) is 0 Å². The zero-order chi connectivity index (χ0) is 18.8. The van der Waals surface area contributed by atoms with Crippen LogP contribution in [0.25, 0.3) is 11.3 Å². The fourth-order valence-corrected chi connectivity index (χ4v) is 3.02. The molecule has 0 atom stereocenters. The van der Waals surface area contributed by atoms with Crippen LogP contribution >= 0.6 is 0 Å². The van der Waals surface area contributed by atoms with Crippen molar-refractivity contribution in [2.75, 3.05) is 0 Å². The van der Waals surface area contributed by atoms with Crippen molar-refractivity contribution in [3.05, 3.63) is 59.5 Å². The molecule has 7 heteroatoms. The Morgan fingerprint density at radius 3 is 2.78 bits per heavy atom. The molecule has 1 N–H and O–H groups in total. The van der Waals surface area contributed by atoms with Crippen LogP contribution in [0.3, 0.4) is 0 Å². The topological polar surface area (TPSA) is 76.2 Å². The summed E-state index contributed by atoms with van der Waals surface area (Å²) in [6, 6.07) is 10.2. The van der Waals surface area contributed by atoms with Crippen molar-refractivity contribution in [2.24, 2.45) is 7.05 Å². The lowest BCUT2D eigenvalue weighted by Crippen LogP contribution is -2.40. The molecule has 0 saturated heterocycles. The van der Waals surface area contributed by atoms with Gasteiger partial charge in [0.2, 0.25) is 0 Å². The molecular formula is C20H23N5O2. The monoisotopic (exact) mass is 365 g/mol. The lowest BCUT2D eigenvalue weighted by molar-refractivity contribution is 0.191. The third-order valence-electron chi connectivity index (χ3n) is 4.68. The predicted molar refractivity (Wildman–Crippen MR) is 101 cm³/mol. The number of hydrogen-bond acceptors (Lipinski definition) is 4. The van der Waals surface area contributed by atoms with Gasteiger partial charge in [-0.3, -0.25) is 4.68 Å². The van der Waals surface area contributed by atoms with Crippen LogP contribution in [0.1, 0.15) is 29.7 Å². The van der Waals surface area contributed by atoms with Crippen LogP contribution in [-0.4, -0.2) is 31.9 Å². The quantitative estimate of drug-likeness (QED) is 0.727. The number of aromatic nitrogens is 3. The Morgan fingerprint density at radius 2 is 2.11 bits per heavy atom. The molecule has 0 radical (unpaired) electrons. The predicted octanol–water partition coefficient (Wildman–Crippen LogP) is 3.26. The summed E-state index contributed by atoms with van der Waals surface area (Å²) in [5.41, 5.74) is 3.90. The van der Waals surface area contributed by atoms with Gasteiger partial charge < -0.3 is 14.7 Å². The highest BCUT2D eigenvalue weighted by atomic mass is 16.5. The summed E-state index contributed by atoms with van der Waals surface area (Å²) in [4.78, 5) is 14.5. The van der Waals surface area contributed by atoms with Gasteiger partial charge in [0.05, 0.1) is 19.3 Å². The summed E-state index contributed by atoms with van der Waals surface area (Å²) in [6.45, 7) is 2.95. The molecule has 1 fully saturated rings. The minimum Gasteiger partial charge on any atom is -0.356 e. The van der Waals surface area contributed by atoms with Gasteiger partial charge in [0.25, 0.3) is 0 Å². The Bertz CT molecular complexity index is 924. The Kier molecular flexibility index (Phi) is 4.66. The van der Waals surface area contributed by atoms with Crippen LogP contribution in [0, 0.1) is 6.92 Å². The average Bonchev–Trinajstić information content (AvgIpc) is 3.24. The molecule has 3 aromatic rings. The lowest BCUT2D eigenvalue weighted by atomic mass is 10.1. The maximum Gasteiger partial charge on any atom is 0.318 e. The van der Waals surface area contributed by atoms with E-state index in [1.165, 1.54) is 5.56 Å². The summed E-state index contributed by atoms with van der Waals surface area (Å²) in [5, 5.41) is 11.2. The van der Waals surface area contributed by atoms with Crippen LogP contribution in [0.2, 0.25) is 0 Å². The first-order valence-electron chi connectivity index (χ1n) is 9.13. The Morgan fingerprint density at radius 1 is 1.33 bits per heavy atom. The number of benzene rings is 1. The van der Waals surface area contributed by atoms with Gasteiger partial charge >= 0.3 is 6.03 Å². The maximum atomic E-state index is 12.7. The minimum atomic E-state index is -0.0822. The molecule has 1 aliphatic carbocycles. The van der Waals surface area contributed by atoms with Gasteiger partial charge in [-0.15, -0.1) is 0 Å². The third-order valence-corrected chi connectivity index (χ3v) is 4.68. The van der Waals surface area contributed by atoms with Gasteiger partial charge in [-0.1, -0.05) is 35.0 Å². The number of urea groups is 1. The first-order valence-corrected chi connectivity index (χ1v) is 9.13. The second-order valence-electron chi connectivity index (χ2n) is 7.09. The van der Waals surface area contributed by atoms with Crippen LogP contribution < -0.4 is 5.32 Å². The van der Waals surface area contributed by atoms with Crippen molar-refractivity contribution in [1.29, 1.82) is 0 Å². The Hall–Kier alpha value is -3.09. The summed E-state index contributed by atoms with van der Waals surface area (Å²) >= 11 is 0. The number of carbonyl (C=O) groups excluding carboxylic acids is 1. The summed E-state index contributed by atoms with van der Waals surface area (Å²) in [7, 11) is 1.88. The van der Waals surface area contributed by atoms with E-state index in [9.17, 15) is 4.79 Å². The molecule has 1 saturated carbocycles. The van der Waals surface area contributed by atoms with E-state index in [1.807, 2.05) is 55.4 Å². The van der Waals surface area contributed by atoms with Crippen molar-refractivity contribution >= 4 is 6.03 Å². The zero-order valence-electron chi connectivity index (χ0n) is 15.6. The number of amides is 2. The van der Waals surface area contributed by atoms with E-state index in [-0.39, 0.29) is 6.03 Å². The number of aryl methyl sites for hydroxylation is 2. The second kappa shape index (κ2) is 7.26. The van der Waals surface area contributed by atoms with Gasteiger partial charge in [0.1, 0.15) is 5.69 Å². The van der Waals surface area contributed by atoms with Gasteiger partial charge in [0, 0.05) is 36.5 Å². The van der Waals surface area contributed by atoms with E-state index in [0.717, 1.165) is 24.0 Å². The van der Waals surface area contributed by atoms with Crippen molar-refractivity contribution < 1.29 is 9.32 Å². The summed E-state index contributed by atoms with van der Waals surface area (Å²) in [5.74, 6) is 0.702. The fraction of sp³-hybridized carbons (Fsp3) is 0.350. The molecule has 2 heterocycles. The van der Waals surface area contributed by atoms with Crippen LogP contribution in [0.15, 0.2) is 47.2 Å². The second-order valence-corrected chi connectivity index (χ2v) is 7.09. The van der Waals surface area contributed by atoms with Gasteiger partial charge in [0.15, 0.2) is 5.76 Å². The molecule has 0 unspecified atom stereocenters. The largest absolute Gasteiger partial charge is 0.356 e. The molecule has 1 aromatic carbocycles. The first-order chi connectivity index (χ1) is 13.1. The van der Waals surface area contributed by atoms with Crippen molar-refractivity contribution in [3.8, 4) is 11.3 Å². The van der Waals surface area contributed by atoms with Crippen molar-refractivity contribution in [1.82, 2.24) is 25.2 Å². The molecule has 7 nitrogen and oxygen atoms in total.